The van der Waals surface area contributed by atoms with Gasteiger partial charge in [0.15, 0.2) is 11.5 Å². The number of hydrogen-bond donors (Lipinski definition) is 1. The second kappa shape index (κ2) is 10.7. The summed E-state index contributed by atoms with van der Waals surface area (Å²) in [6.45, 7) is 2.69. The van der Waals surface area contributed by atoms with E-state index in [1.165, 1.54) is 6.20 Å². The number of aromatic nitrogens is 3. The van der Waals surface area contributed by atoms with Crippen molar-refractivity contribution in [1.82, 2.24) is 15.0 Å². The highest BCUT2D eigenvalue weighted by atomic mass is 16.5. The first kappa shape index (κ1) is 21.8. The Morgan fingerprint density at radius 3 is 2.58 bits per heavy atom. The molecule has 0 bridgehead atoms. The fourth-order valence-electron chi connectivity index (χ4n) is 2.98. The molecule has 1 N–H and O–H groups in total. The van der Waals surface area contributed by atoms with Crippen LogP contribution in [0.15, 0.2) is 85.6 Å². The van der Waals surface area contributed by atoms with E-state index in [1.54, 1.807) is 67.3 Å². The standard InChI is InChI=1S/C25H22N4O4/c1-2-31-23-14-19(6-7-22(23)32-17-18-8-10-26-11-9-18)25(30)29-20-4-3-5-21(15-20)33-24-16-27-12-13-28-24/h3-16H,2,17H2,1H3,(H,29,30). The molecule has 0 radical (unpaired) electrons. The molecule has 4 rings (SSSR count). The summed E-state index contributed by atoms with van der Waals surface area (Å²) in [5, 5.41) is 2.87. The monoisotopic (exact) mass is 442 g/mol. The summed E-state index contributed by atoms with van der Waals surface area (Å²) in [5.74, 6) is 1.67. The minimum atomic E-state index is -0.284. The van der Waals surface area contributed by atoms with Crippen LogP contribution in [0.25, 0.3) is 0 Å². The zero-order valence-corrected chi connectivity index (χ0v) is 18.0. The normalized spacial score (nSPS) is 10.3. The van der Waals surface area contributed by atoms with Gasteiger partial charge in [-0.1, -0.05) is 6.07 Å². The lowest BCUT2D eigenvalue weighted by atomic mass is 10.1. The molecule has 8 heteroatoms. The predicted octanol–water partition coefficient (Wildman–Crippen LogP) is 4.89. The molecule has 2 aromatic heterocycles. The molecule has 0 atom stereocenters. The summed E-state index contributed by atoms with van der Waals surface area (Å²) in [4.78, 5) is 24.9. The van der Waals surface area contributed by atoms with Crippen molar-refractivity contribution in [3.8, 4) is 23.1 Å². The van der Waals surface area contributed by atoms with Gasteiger partial charge in [-0.3, -0.25) is 14.8 Å². The van der Waals surface area contributed by atoms with Crippen LogP contribution in [0.3, 0.4) is 0 Å². The molecular weight excluding hydrogens is 420 g/mol. The molecule has 0 aliphatic carbocycles. The number of pyridine rings is 1. The minimum absolute atomic E-state index is 0.284. The van der Waals surface area contributed by atoms with E-state index >= 15 is 0 Å². The zero-order valence-electron chi connectivity index (χ0n) is 18.0. The summed E-state index contributed by atoms with van der Waals surface area (Å²) in [7, 11) is 0. The lowest BCUT2D eigenvalue weighted by molar-refractivity contribution is 0.102. The Balaban J connectivity index is 1.45. The van der Waals surface area contributed by atoms with Crippen molar-refractivity contribution in [2.45, 2.75) is 13.5 Å². The molecule has 4 aromatic rings. The first-order valence-electron chi connectivity index (χ1n) is 10.3. The van der Waals surface area contributed by atoms with E-state index in [0.29, 0.717) is 47.6 Å². The first-order chi connectivity index (χ1) is 16.2. The quantitative estimate of drug-likeness (QED) is 0.394. The smallest absolute Gasteiger partial charge is 0.255 e. The van der Waals surface area contributed by atoms with E-state index in [-0.39, 0.29) is 5.91 Å². The van der Waals surface area contributed by atoms with E-state index in [1.807, 2.05) is 19.1 Å². The topological polar surface area (TPSA) is 95.5 Å². The predicted molar refractivity (Wildman–Crippen MR) is 123 cm³/mol. The van der Waals surface area contributed by atoms with Crippen LogP contribution in [0.1, 0.15) is 22.8 Å². The molecule has 0 aliphatic rings. The van der Waals surface area contributed by atoms with Crippen molar-refractivity contribution in [3.05, 3.63) is 96.7 Å². The van der Waals surface area contributed by atoms with Crippen molar-refractivity contribution in [3.63, 3.8) is 0 Å². The highest BCUT2D eigenvalue weighted by Gasteiger charge is 2.13. The van der Waals surface area contributed by atoms with Gasteiger partial charge in [-0.25, -0.2) is 4.98 Å². The fourth-order valence-corrected chi connectivity index (χ4v) is 2.98. The van der Waals surface area contributed by atoms with E-state index in [2.05, 4.69) is 20.3 Å². The number of rotatable bonds is 9. The third-order valence-electron chi connectivity index (χ3n) is 4.50. The molecule has 0 saturated heterocycles. The van der Waals surface area contributed by atoms with Gasteiger partial charge in [-0.05, 0) is 55.0 Å². The van der Waals surface area contributed by atoms with Crippen molar-refractivity contribution in [1.29, 1.82) is 0 Å². The van der Waals surface area contributed by atoms with Gasteiger partial charge in [0.2, 0.25) is 5.88 Å². The van der Waals surface area contributed by atoms with Gasteiger partial charge in [0.1, 0.15) is 12.4 Å². The van der Waals surface area contributed by atoms with Gasteiger partial charge in [-0.2, -0.15) is 0 Å². The lowest BCUT2D eigenvalue weighted by Crippen LogP contribution is -2.12. The molecule has 8 nitrogen and oxygen atoms in total. The SMILES string of the molecule is CCOc1cc(C(=O)Nc2cccc(Oc3cnccn3)c2)ccc1OCc1ccncc1. The third kappa shape index (κ3) is 6.04. The van der Waals surface area contributed by atoms with Crippen molar-refractivity contribution in [2.24, 2.45) is 0 Å². The number of carbonyl (C=O) groups is 1. The van der Waals surface area contributed by atoms with E-state index in [4.69, 9.17) is 14.2 Å². The fraction of sp³-hybridized carbons (Fsp3) is 0.120. The van der Waals surface area contributed by atoms with Crippen LogP contribution in [0.5, 0.6) is 23.1 Å². The molecule has 0 fully saturated rings. The Hall–Kier alpha value is -4.46. The minimum Gasteiger partial charge on any atom is -0.490 e. The van der Waals surface area contributed by atoms with E-state index < -0.39 is 0 Å². The molecule has 2 heterocycles. The molecule has 0 saturated carbocycles. The van der Waals surface area contributed by atoms with Gasteiger partial charge in [-0.15, -0.1) is 0 Å². The zero-order chi connectivity index (χ0) is 22.9. The maximum Gasteiger partial charge on any atom is 0.255 e. The molecule has 0 spiro atoms. The summed E-state index contributed by atoms with van der Waals surface area (Å²) < 4.78 is 17.3. The molecule has 0 aliphatic heterocycles. The Labute approximate surface area is 191 Å². The average molecular weight is 442 g/mol. The number of ether oxygens (including phenoxy) is 3. The Kier molecular flexibility index (Phi) is 7.07. The Morgan fingerprint density at radius 2 is 1.79 bits per heavy atom. The Morgan fingerprint density at radius 1 is 0.909 bits per heavy atom. The molecule has 2 aromatic carbocycles. The van der Waals surface area contributed by atoms with Crippen molar-refractivity contribution in [2.75, 3.05) is 11.9 Å². The summed E-state index contributed by atoms with van der Waals surface area (Å²) >= 11 is 0. The van der Waals surface area contributed by atoms with Crippen LogP contribution in [0.4, 0.5) is 5.69 Å². The van der Waals surface area contributed by atoms with Crippen LogP contribution in [0, 0.1) is 0 Å². The number of benzene rings is 2. The van der Waals surface area contributed by atoms with Gasteiger partial charge in [0, 0.05) is 42.1 Å². The number of nitrogens with one attached hydrogen (secondary N) is 1. The summed E-state index contributed by atoms with van der Waals surface area (Å²) in [6.07, 6.45) is 8.04. The third-order valence-corrected chi connectivity index (χ3v) is 4.50. The summed E-state index contributed by atoms with van der Waals surface area (Å²) in [6, 6.07) is 15.9. The molecule has 33 heavy (non-hydrogen) atoms. The van der Waals surface area contributed by atoms with Crippen LogP contribution >= 0.6 is 0 Å². The molecule has 1 amide bonds. The molecule has 0 unspecified atom stereocenters. The number of anilines is 1. The number of hydrogen-bond acceptors (Lipinski definition) is 7. The van der Waals surface area contributed by atoms with Gasteiger partial charge >= 0.3 is 0 Å². The summed E-state index contributed by atoms with van der Waals surface area (Å²) in [5.41, 5.74) is 2.00. The first-order valence-corrected chi connectivity index (χ1v) is 10.3. The van der Waals surface area contributed by atoms with Crippen LogP contribution in [-0.4, -0.2) is 27.5 Å². The molecular formula is C25H22N4O4. The maximum absolute atomic E-state index is 12.9. The van der Waals surface area contributed by atoms with Crippen LogP contribution < -0.4 is 19.5 Å². The van der Waals surface area contributed by atoms with Crippen molar-refractivity contribution >= 4 is 11.6 Å². The molecule has 166 valence electrons. The number of amides is 1. The number of nitrogens with zero attached hydrogens (tertiary/aromatic N) is 3. The second-order valence-electron chi connectivity index (χ2n) is 6.87. The van der Waals surface area contributed by atoms with E-state index in [0.717, 1.165) is 5.56 Å². The van der Waals surface area contributed by atoms with Crippen LogP contribution in [0.2, 0.25) is 0 Å². The van der Waals surface area contributed by atoms with Crippen LogP contribution in [-0.2, 0) is 6.61 Å². The van der Waals surface area contributed by atoms with Crippen molar-refractivity contribution < 1.29 is 19.0 Å². The number of carbonyl (C=O) groups excluding carboxylic acids is 1. The van der Waals surface area contributed by atoms with Gasteiger partial charge in [0.05, 0.1) is 12.8 Å². The van der Waals surface area contributed by atoms with Gasteiger partial charge in [0.25, 0.3) is 5.91 Å². The van der Waals surface area contributed by atoms with Gasteiger partial charge < -0.3 is 19.5 Å². The second-order valence-corrected chi connectivity index (χ2v) is 6.87. The average Bonchev–Trinajstić information content (AvgIpc) is 2.85. The maximum atomic E-state index is 12.9. The highest BCUT2D eigenvalue weighted by molar-refractivity contribution is 6.04. The Bertz CT molecular complexity index is 1200. The highest BCUT2D eigenvalue weighted by Crippen LogP contribution is 2.30. The lowest BCUT2D eigenvalue weighted by Gasteiger charge is -2.14. The van der Waals surface area contributed by atoms with E-state index in [9.17, 15) is 4.79 Å². The largest absolute Gasteiger partial charge is 0.490 e.